The predicted molar refractivity (Wildman–Crippen MR) is 116 cm³/mol. The van der Waals surface area contributed by atoms with Crippen LogP contribution in [0.3, 0.4) is 0 Å². The van der Waals surface area contributed by atoms with Gasteiger partial charge in [0.15, 0.2) is 0 Å². The van der Waals surface area contributed by atoms with E-state index in [0.717, 1.165) is 24.3 Å². The number of alkyl halides is 6. The molecule has 1 aliphatic carbocycles. The summed E-state index contributed by atoms with van der Waals surface area (Å²) in [5, 5.41) is 1.38. The molecule has 0 saturated heterocycles. The van der Waals surface area contributed by atoms with E-state index in [0.29, 0.717) is 11.3 Å². The summed E-state index contributed by atoms with van der Waals surface area (Å²) < 4.78 is 117. The van der Waals surface area contributed by atoms with Crippen molar-refractivity contribution in [2.24, 2.45) is 4.99 Å². The summed E-state index contributed by atoms with van der Waals surface area (Å²) in [5.41, 5.74) is -0.00135. The molecule has 190 valence electrons. The number of halogens is 8. The first-order valence-corrected chi connectivity index (χ1v) is 10.3. The molecule has 4 nitrogen and oxygen atoms in total. The van der Waals surface area contributed by atoms with Crippen LogP contribution in [0.1, 0.15) is 0 Å². The molecular formula is C24H16F8N2O2. The summed E-state index contributed by atoms with van der Waals surface area (Å²) in [7, 11) is 1.37. The number of anilines is 1. The second-order valence-corrected chi connectivity index (χ2v) is 7.71. The number of fused-ring (bicyclic) bond motifs is 2. The van der Waals surface area contributed by atoms with Crippen molar-refractivity contribution in [1.29, 1.82) is 0 Å². The largest absolute Gasteiger partial charge is 0.496 e. The average molecular weight is 516 g/mol. The molecule has 0 amide bonds. The lowest BCUT2D eigenvalue weighted by Gasteiger charge is -2.19. The van der Waals surface area contributed by atoms with E-state index in [-0.39, 0.29) is 27.9 Å². The highest BCUT2D eigenvalue weighted by Gasteiger charge is 2.29. The molecular weight excluding hydrogens is 500 g/mol. The fourth-order valence-electron chi connectivity index (χ4n) is 3.69. The van der Waals surface area contributed by atoms with Crippen molar-refractivity contribution in [2.75, 3.05) is 25.5 Å². The number of nitrogens with zero attached hydrogens (tertiary/aromatic N) is 1. The topological polar surface area (TPSA) is 46.8 Å². The Labute approximate surface area is 198 Å². The Balaban J connectivity index is 2.04. The molecule has 1 N–H and O–H groups in total. The zero-order chi connectivity index (χ0) is 26.3. The highest BCUT2D eigenvalue weighted by atomic mass is 19.4. The number of rotatable bonds is 5. The molecule has 2 aromatic carbocycles. The van der Waals surface area contributed by atoms with Crippen LogP contribution in [-0.4, -0.2) is 32.6 Å². The minimum atomic E-state index is -4.68. The fourth-order valence-corrected chi connectivity index (χ4v) is 3.69. The number of para-hydroxylation sites is 1. The molecule has 0 saturated carbocycles. The second kappa shape index (κ2) is 9.32. The molecule has 36 heavy (non-hydrogen) atoms. The van der Waals surface area contributed by atoms with Gasteiger partial charge in [-0.05, 0) is 18.2 Å². The van der Waals surface area contributed by atoms with Crippen LogP contribution in [0.25, 0.3) is 33.4 Å². The van der Waals surface area contributed by atoms with Crippen LogP contribution in [-0.2, 0) is 0 Å². The third-order valence-electron chi connectivity index (χ3n) is 5.16. The summed E-state index contributed by atoms with van der Waals surface area (Å²) in [4.78, 5) is 3.25. The Hall–Kier alpha value is -3.83. The van der Waals surface area contributed by atoms with Gasteiger partial charge in [0.25, 0.3) is 0 Å². The Morgan fingerprint density at radius 1 is 0.889 bits per heavy atom. The molecule has 1 heterocycles. The molecule has 0 atom stereocenters. The number of nitrogens with one attached hydrogen (secondary N) is 1. The molecule has 0 radical (unpaired) electrons. The normalized spacial score (nSPS) is 13.0. The molecule has 4 rings (SSSR count). The SMILES string of the molecule is COc1ccccc1-c1c2cc(F)c(=NCC(F)(F)F)cc-2oc2cc(NCC(F)(F)F)c(F)cc12. The highest BCUT2D eigenvalue weighted by molar-refractivity contribution is 6.04. The molecule has 2 aliphatic rings. The number of benzene rings is 3. The molecule has 0 bridgehead atoms. The standard InChI is InChI=1S/C24H16F8N2O2/c1-35-19-5-3-2-4-12(19)22-13-6-15(25)17(33-10-23(27,28)29)8-20(13)36-21-9-18(16(26)7-14(21)22)34-11-24(30,31)32/h2-9,33H,10-11H2,1H3. The third-order valence-corrected chi connectivity index (χ3v) is 5.16. The van der Waals surface area contributed by atoms with Crippen molar-refractivity contribution in [1.82, 2.24) is 0 Å². The Morgan fingerprint density at radius 3 is 2.28 bits per heavy atom. The maximum Gasteiger partial charge on any atom is 0.407 e. The minimum absolute atomic E-state index is 0.0610. The first kappa shape index (κ1) is 25.3. The van der Waals surface area contributed by atoms with Gasteiger partial charge in [-0.15, -0.1) is 0 Å². The highest BCUT2D eigenvalue weighted by Crippen LogP contribution is 2.44. The van der Waals surface area contributed by atoms with Crippen molar-refractivity contribution < 1.29 is 44.3 Å². The Bertz CT molecular complexity index is 1460. The van der Waals surface area contributed by atoms with Crippen LogP contribution in [0.15, 0.2) is 57.9 Å². The molecule has 12 heteroatoms. The van der Waals surface area contributed by atoms with Gasteiger partial charge in [-0.25, -0.2) is 8.78 Å². The summed E-state index contributed by atoms with van der Waals surface area (Å²) in [6, 6.07) is 10.2. The van der Waals surface area contributed by atoms with Gasteiger partial charge in [0.1, 0.15) is 41.8 Å². The van der Waals surface area contributed by atoms with Gasteiger partial charge in [0, 0.05) is 34.2 Å². The van der Waals surface area contributed by atoms with Crippen LogP contribution < -0.4 is 15.4 Å². The fraction of sp³-hybridized carbons (Fsp3) is 0.208. The summed E-state index contributed by atoms with van der Waals surface area (Å²) in [5.74, 6) is -1.94. The smallest absolute Gasteiger partial charge is 0.407 e. The van der Waals surface area contributed by atoms with E-state index in [2.05, 4.69) is 4.99 Å². The van der Waals surface area contributed by atoms with Crippen molar-refractivity contribution in [3.8, 4) is 28.2 Å². The van der Waals surface area contributed by atoms with Crippen LogP contribution in [0.4, 0.5) is 40.8 Å². The van der Waals surface area contributed by atoms with E-state index < -0.39 is 48.1 Å². The molecule has 1 aliphatic heterocycles. The molecule has 0 unspecified atom stereocenters. The van der Waals surface area contributed by atoms with Crippen molar-refractivity contribution in [3.05, 3.63) is 65.5 Å². The van der Waals surface area contributed by atoms with Gasteiger partial charge in [-0.3, -0.25) is 4.99 Å². The average Bonchev–Trinajstić information content (AvgIpc) is 2.79. The second-order valence-electron chi connectivity index (χ2n) is 7.71. The molecule has 0 spiro atoms. The Morgan fingerprint density at radius 2 is 1.61 bits per heavy atom. The number of hydrogen-bond donors (Lipinski definition) is 1. The van der Waals surface area contributed by atoms with E-state index in [1.165, 1.54) is 7.11 Å². The van der Waals surface area contributed by atoms with E-state index >= 15 is 0 Å². The van der Waals surface area contributed by atoms with E-state index in [4.69, 9.17) is 9.15 Å². The lowest BCUT2D eigenvalue weighted by molar-refractivity contribution is -0.118. The monoisotopic (exact) mass is 516 g/mol. The summed E-state index contributed by atoms with van der Waals surface area (Å²) in [6.07, 6.45) is -9.31. The first-order valence-electron chi connectivity index (χ1n) is 10.3. The zero-order valence-corrected chi connectivity index (χ0v) is 18.3. The van der Waals surface area contributed by atoms with Gasteiger partial charge >= 0.3 is 12.4 Å². The van der Waals surface area contributed by atoms with Crippen LogP contribution in [0, 0.1) is 11.6 Å². The maximum absolute atomic E-state index is 14.8. The van der Waals surface area contributed by atoms with Crippen LogP contribution >= 0.6 is 0 Å². The van der Waals surface area contributed by atoms with Crippen molar-refractivity contribution >= 4 is 16.7 Å². The van der Waals surface area contributed by atoms with E-state index in [1.807, 2.05) is 5.32 Å². The third kappa shape index (κ3) is 5.37. The van der Waals surface area contributed by atoms with Gasteiger partial charge < -0.3 is 14.5 Å². The Kier molecular flexibility index (Phi) is 6.54. The quantitative estimate of drug-likeness (QED) is 0.231. The molecule has 0 fully saturated rings. The van der Waals surface area contributed by atoms with Crippen molar-refractivity contribution in [2.45, 2.75) is 12.4 Å². The maximum atomic E-state index is 14.8. The van der Waals surface area contributed by atoms with E-state index in [1.54, 1.807) is 24.3 Å². The van der Waals surface area contributed by atoms with Gasteiger partial charge in [-0.2, -0.15) is 26.3 Å². The van der Waals surface area contributed by atoms with Gasteiger partial charge in [0.05, 0.1) is 18.2 Å². The molecule has 0 aromatic heterocycles. The van der Waals surface area contributed by atoms with Crippen LogP contribution in [0.5, 0.6) is 5.75 Å². The summed E-state index contributed by atoms with van der Waals surface area (Å²) in [6.45, 7) is -3.16. The minimum Gasteiger partial charge on any atom is -0.496 e. The van der Waals surface area contributed by atoms with E-state index in [9.17, 15) is 35.1 Å². The lowest BCUT2D eigenvalue weighted by Crippen LogP contribution is -2.21. The lowest BCUT2D eigenvalue weighted by atomic mass is 9.92. The number of methoxy groups -OCH3 is 1. The first-order chi connectivity index (χ1) is 16.9. The number of ether oxygens (including phenoxy) is 1. The zero-order valence-electron chi connectivity index (χ0n) is 18.3. The molecule has 2 aromatic rings. The van der Waals surface area contributed by atoms with Crippen LogP contribution in [0.2, 0.25) is 0 Å². The summed E-state index contributed by atoms with van der Waals surface area (Å²) >= 11 is 0. The van der Waals surface area contributed by atoms with Gasteiger partial charge in [-0.1, -0.05) is 18.2 Å². The van der Waals surface area contributed by atoms with Crippen molar-refractivity contribution in [3.63, 3.8) is 0 Å². The predicted octanol–water partition coefficient (Wildman–Crippen LogP) is 6.93. The van der Waals surface area contributed by atoms with Gasteiger partial charge in [0.2, 0.25) is 0 Å². The number of hydrogen-bond acceptors (Lipinski definition) is 4.